The van der Waals surface area contributed by atoms with Crippen molar-refractivity contribution in [1.82, 2.24) is 0 Å². The lowest BCUT2D eigenvalue weighted by atomic mass is 10.1. The van der Waals surface area contributed by atoms with Gasteiger partial charge >= 0.3 is 0 Å². The molecule has 1 unspecified atom stereocenters. The highest BCUT2D eigenvalue weighted by atomic mass is 16.5. The van der Waals surface area contributed by atoms with E-state index in [0.29, 0.717) is 5.56 Å². The molecule has 2 rings (SSSR count). The minimum Gasteiger partial charge on any atom is -0.507 e. The lowest BCUT2D eigenvalue weighted by Crippen LogP contribution is -2.09. The van der Waals surface area contributed by atoms with E-state index < -0.39 is 6.10 Å². The lowest BCUT2D eigenvalue weighted by Gasteiger charge is -2.21. The van der Waals surface area contributed by atoms with Crippen LogP contribution in [0.2, 0.25) is 0 Å². The molecule has 0 bridgehead atoms. The Kier molecular flexibility index (Phi) is 4.15. The maximum Gasteiger partial charge on any atom is 0.123 e. The summed E-state index contributed by atoms with van der Waals surface area (Å²) in [5.74, 6) is 0.896. The number of phenols is 1. The number of phenolic OH excluding ortho intramolecular Hbond substituents is 1. The van der Waals surface area contributed by atoms with Crippen LogP contribution in [0.4, 0.5) is 11.4 Å². The number of anilines is 2. The van der Waals surface area contributed by atoms with Crippen LogP contribution in [0.3, 0.4) is 0 Å². The molecule has 4 nitrogen and oxygen atoms in total. The van der Waals surface area contributed by atoms with Crippen LogP contribution < -0.4 is 9.64 Å². The molecule has 0 aromatic heterocycles. The van der Waals surface area contributed by atoms with Crippen molar-refractivity contribution >= 4 is 11.4 Å². The monoisotopic (exact) mass is 273 g/mol. The molecule has 106 valence electrons. The number of aromatic hydroxyl groups is 1. The Morgan fingerprint density at radius 1 is 1.05 bits per heavy atom. The number of aliphatic hydroxyl groups is 1. The molecule has 1 atom stereocenters. The van der Waals surface area contributed by atoms with Crippen LogP contribution in [0.5, 0.6) is 11.5 Å². The van der Waals surface area contributed by atoms with Crippen molar-refractivity contribution in [3.8, 4) is 11.5 Å². The number of aliphatic hydroxyl groups excluding tert-OH is 1. The van der Waals surface area contributed by atoms with E-state index in [4.69, 9.17) is 4.74 Å². The van der Waals surface area contributed by atoms with Crippen molar-refractivity contribution in [3.63, 3.8) is 0 Å². The van der Waals surface area contributed by atoms with E-state index in [-0.39, 0.29) is 5.75 Å². The summed E-state index contributed by atoms with van der Waals surface area (Å²) in [5.41, 5.74) is 2.35. The Balaban J connectivity index is 2.28. The van der Waals surface area contributed by atoms with E-state index >= 15 is 0 Å². The first-order valence-electron chi connectivity index (χ1n) is 6.41. The second-order valence-electron chi connectivity index (χ2n) is 4.68. The highest BCUT2D eigenvalue weighted by Gasteiger charge is 2.10. The fraction of sp³-hybridized carbons (Fsp3) is 0.250. The fourth-order valence-corrected chi connectivity index (χ4v) is 2.05. The molecule has 2 aromatic carbocycles. The number of hydrogen-bond donors (Lipinski definition) is 2. The molecule has 0 fully saturated rings. The molecule has 0 heterocycles. The number of methoxy groups -OCH3 is 1. The average molecular weight is 273 g/mol. The van der Waals surface area contributed by atoms with E-state index in [2.05, 4.69) is 0 Å². The molecule has 0 saturated heterocycles. The normalized spacial score (nSPS) is 12.0. The fourth-order valence-electron chi connectivity index (χ4n) is 2.05. The molecule has 0 radical (unpaired) electrons. The highest BCUT2D eigenvalue weighted by molar-refractivity contribution is 5.65. The lowest BCUT2D eigenvalue weighted by molar-refractivity contribution is 0.195. The number of rotatable bonds is 4. The van der Waals surface area contributed by atoms with E-state index in [9.17, 15) is 10.2 Å². The van der Waals surface area contributed by atoms with E-state index in [1.807, 2.05) is 42.3 Å². The molecule has 0 amide bonds. The van der Waals surface area contributed by atoms with E-state index in [0.717, 1.165) is 17.1 Å². The summed E-state index contributed by atoms with van der Waals surface area (Å²) < 4.78 is 5.13. The van der Waals surface area contributed by atoms with Crippen molar-refractivity contribution in [3.05, 3.63) is 48.0 Å². The summed E-state index contributed by atoms with van der Waals surface area (Å²) in [6, 6.07) is 12.9. The number of hydrogen-bond acceptors (Lipinski definition) is 4. The Labute approximate surface area is 118 Å². The number of ether oxygens (including phenoxy) is 1. The summed E-state index contributed by atoms with van der Waals surface area (Å²) in [7, 11) is 3.55. The van der Waals surface area contributed by atoms with Gasteiger partial charge in [-0.05, 0) is 37.3 Å². The second kappa shape index (κ2) is 5.84. The first-order chi connectivity index (χ1) is 9.52. The standard InChI is InChI=1S/C16H19NO3/c1-11(18)15-9-6-13(10-16(15)19)17(2)12-4-7-14(20-3)8-5-12/h4-11,18-19H,1-3H3. The molecule has 2 N–H and O–H groups in total. The van der Waals surface area contributed by atoms with Crippen molar-refractivity contribution in [2.45, 2.75) is 13.0 Å². The van der Waals surface area contributed by atoms with Gasteiger partial charge in [-0.15, -0.1) is 0 Å². The van der Waals surface area contributed by atoms with E-state index in [1.165, 1.54) is 0 Å². The third kappa shape index (κ3) is 2.86. The molecule has 0 aliphatic rings. The molecular weight excluding hydrogens is 254 g/mol. The molecule has 0 saturated carbocycles. The average Bonchev–Trinajstić information content (AvgIpc) is 2.46. The third-order valence-corrected chi connectivity index (χ3v) is 3.31. The van der Waals surface area contributed by atoms with Gasteiger partial charge in [0.1, 0.15) is 11.5 Å². The summed E-state index contributed by atoms with van der Waals surface area (Å²) in [6.07, 6.45) is -0.685. The Hall–Kier alpha value is -2.20. The van der Waals surface area contributed by atoms with Gasteiger partial charge in [-0.1, -0.05) is 6.07 Å². The van der Waals surface area contributed by atoms with Gasteiger partial charge in [-0.2, -0.15) is 0 Å². The van der Waals surface area contributed by atoms with E-state index in [1.54, 1.807) is 26.2 Å². The van der Waals surface area contributed by atoms with Gasteiger partial charge in [-0.25, -0.2) is 0 Å². The topological polar surface area (TPSA) is 52.9 Å². The second-order valence-corrected chi connectivity index (χ2v) is 4.68. The van der Waals surface area contributed by atoms with Crippen LogP contribution in [0.25, 0.3) is 0 Å². The smallest absolute Gasteiger partial charge is 0.123 e. The summed E-state index contributed by atoms with van der Waals surface area (Å²) in [4.78, 5) is 1.95. The first kappa shape index (κ1) is 14.2. The van der Waals surface area contributed by atoms with Crippen LogP contribution in [-0.4, -0.2) is 24.4 Å². The van der Waals surface area contributed by atoms with Crippen molar-refractivity contribution in [2.24, 2.45) is 0 Å². The summed E-state index contributed by atoms with van der Waals surface area (Å²) >= 11 is 0. The van der Waals surface area contributed by atoms with Gasteiger partial charge < -0.3 is 19.8 Å². The largest absolute Gasteiger partial charge is 0.507 e. The number of benzene rings is 2. The minimum absolute atomic E-state index is 0.0952. The molecule has 20 heavy (non-hydrogen) atoms. The zero-order valence-corrected chi connectivity index (χ0v) is 11.9. The molecule has 0 aliphatic heterocycles. The SMILES string of the molecule is COc1ccc(N(C)c2ccc(C(C)O)c(O)c2)cc1. The predicted octanol–water partition coefficient (Wildman–Crippen LogP) is 3.22. The number of nitrogens with zero attached hydrogens (tertiary/aromatic N) is 1. The predicted molar refractivity (Wildman–Crippen MR) is 79.8 cm³/mol. The zero-order chi connectivity index (χ0) is 14.7. The van der Waals surface area contributed by atoms with Crippen molar-refractivity contribution in [2.75, 3.05) is 19.1 Å². The van der Waals surface area contributed by atoms with Crippen LogP contribution in [0.15, 0.2) is 42.5 Å². The summed E-state index contributed by atoms with van der Waals surface area (Å²) in [6.45, 7) is 1.63. The zero-order valence-electron chi connectivity index (χ0n) is 11.9. The van der Waals surface area contributed by atoms with Gasteiger partial charge in [-0.3, -0.25) is 0 Å². The molecular formula is C16H19NO3. The Morgan fingerprint density at radius 3 is 2.15 bits per heavy atom. The van der Waals surface area contributed by atoms with Gasteiger partial charge in [0, 0.05) is 30.1 Å². The van der Waals surface area contributed by atoms with Gasteiger partial charge in [0.05, 0.1) is 13.2 Å². The van der Waals surface area contributed by atoms with Crippen LogP contribution in [0.1, 0.15) is 18.6 Å². The van der Waals surface area contributed by atoms with Gasteiger partial charge in [0.25, 0.3) is 0 Å². The van der Waals surface area contributed by atoms with Crippen LogP contribution >= 0.6 is 0 Å². The highest BCUT2D eigenvalue weighted by Crippen LogP contribution is 2.32. The van der Waals surface area contributed by atoms with Crippen molar-refractivity contribution in [1.29, 1.82) is 0 Å². The van der Waals surface area contributed by atoms with Crippen LogP contribution in [-0.2, 0) is 0 Å². The minimum atomic E-state index is -0.685. The van der Waals surface area contributed by atoms with Crippen LogP contribution in [0, 0.1) is 0 Å². The quantitative estimate of drug-likeness (QED) is 0.898. The third-order valence-electron chi connectivity index (χ3n) is 3.31. The maximum absolute atomic E-state index is 9.93. The van der Waals surface area contributed by atoms with Gasteiger partial charge in [0.2, 0.25) is 0 Å². The molecule has 0 aliphatic carbocycles. The molecule has 2 aromatic rings. The molecule has 0 spiro atoms. The Morgan fingerprint density at radius 2 is 1.65 bits per heavy atom. The Bertz CT molecular complexity index is 579. The first-order valence-corrected chi connectivity index (χ1v) is 6.41. The maximum atomic E-state index is 9.93. The molecule has 4 heteroatoms. The van der Waals surface area contributed by atoms with Crippen molar-refractivity contribution < 1.29 is 14.9 Å². The van der Waals surface area contributed by atoms with Gasteiger partial charge in [0.15, 0.2) is 0 Å². The summed E-state index contributed by atoms with van der Waals surface area (Å²) in [5, 5.41) is 19.5.